The highest BCUT2D eigenvalue weighted by Gasteiger charge is 2.15. The van der Waals surface area contributed by atoms with Crippen LogP contribution in [0.2, 0.25) is 0 Å². The lowest BCUT2D eigenvalue weighted by Gasteiger charge is -2.12. The van der Waals surface area contributed by atoms with Gasteiger partial charge in [-0.1, -0.05) is 24.3 Å². The van der Waals surface area contributed by atoms with Gasteiger partial charge in [0.1, 0.15) is 0 Å². The minimum atomic E-state index is 0.572. The zero-order valence-electron chi connectivity index (χ0n) is 18.7. The van der Waals surface area contributed by atoms with Crippen molar-refractivity contribution in [2.75, 3.05) is 59.3 Å². The Morgan fingerprint density at radius 2 is 1.97 bits per heavy atom. The molecule has 1 atom stereocenters. The lowest BCUT2D eigenvalue weighted by atomic mass is 10.1. The maximum absolute atomic E-state index is 5.76. The zero-order chi connectivity index (χ0) is 21.3. The zero-order valence-corrected chi connectivity index (χ0v) is 18.7. The van der Waals surface area contributed by atoms with Crippen LogP contribution in [0.15, 0.2) is 29.3 Å². The minimum Gasteiger partial charge on any atom is -0.381 e. The summed E-state index contributed by atoms with van der Waals surface area (Å²) in [6.45, 7) is 12.2. The molecule has 1 saturated heterocycles. The second-order valence-corrected chi connectivity index (χ2v) is 7.35. The number of nitrogens with zero attached hydrogens (tertiary/aromatic N) is 1. The van der Waals surface area contributed by atoms with Gasteiger partial charge in [0.15, 0.2) is 5.96 Å². The van der Waals surface area contributed by atoms with E-state index in [1.165, 1.54) is 5.56 Å². The standard InChI is InChI=1S/C23H39N3O4/c1-3-24-23(25-10-6-11-28-18-22-9-12-29-19-22)26-16-20-7-5-8-21(15-20)17-30-14-13-27-4-2/h5,7-8,15,22H,3-4,6,9-14,16-19H2,1-2H3,(H2,24,25,26). The Morgan fingerprint density at radius 3 is 2.77 bits per heavy atom. The Morgan fingerprint density at radius 1 is 1.10 bits per heavy atom. The van der Waals surface area contributed by atoms with Crippen LogP contribution in [0, 0.1) is 5.92 Å². The first-order chi connectivity index (χ1) is 14.8. The molecule has 1 aromatic rings. The minimum absolute atomic E-state index is 0.572. The van der Waals surface area contributed by atoms with E-state index in [1.54, 1.807) is 0 Å². The molecular formula is C23H39N3O4. The fraction of sp³-hybridized carbons (Fsp3) is 0.696. The van der Waals surface area contributed by atoms with Crippen LogP contribution in [-0.2, 0) is 32.1 Å². The SMILES string of the molecule is CCNC(=NCc1cccc(COCCOCC)c1)NCCCOCC1CCOC1. The summed E-state index contributed by atoms with van der Waals surface area (Å²) in [5, 5.41) is 6.68. The van der Waals surface area contributed by atoms with E-state index in [-0.39, 0.29) is 0 Å². The van der Waals surface area contributed by atoms with Crippen molar-refractivity contribution in [2.24, 2.45) is 10.9 Å². The lowest BCUT2D eigenvalue weighted by Crippen LogP contribution is -2.38. The summed E-state index contributed by atoms with van der Waals surface area (Å²) in [5.74, 6) is 1.41. The molecule has 170 valence electrons. The molecule has 2 rings (SSSR count). The molecule has 30 heavy (non-hydrogen) atoms. The summed E-state index contributed by atoms with van der Waals surface area (Å²) in [5.41, 5.74) is 2.32. The number of hydrogen-bond acceptors (Lipinski definition) is 5. The van der Waals surface area contributed by atoms with Crippen LogP contribution in [0.5, 0.6) is 0 Å². The summed E-state index contributed by atoms with van der Waals surface area (Å²) in [6, 6.07) is 8.37. The van der Waals surface area contributed by atoms with Gasteiger partial charge in [-0.15, -0.1) is 0 Å². The molecule has 0 radical (unpaired) electrons. The maximum Gasteiger partial charge on any atom is 0.191 e. The molecule has 0 saturated carbocycles. The molecule has 0 amide bonds. The highest BCUT2D eigenvalue weighted by Crippen LogP contribution is 2.12. The molecule has 0 aromatic heterocycles. The fourth-order valence-corrected chi connectivity index (χ4v) is 3.13. The van der Waals surface area contributed by atoms with E-state index in [9.17, 15) is 0 Å². The van der Waals surface area contributed by atoms with E-state index < -0.39 is 0 Å². The van der Waals surface area contributed by atoms with Gasteiger partial charge in [-0.25, -0.2) is 4.99 Å². The Hall–Kier alpha value is -1.67. The molecule has 1 heterocycles. The molecule has 7 heteroatoms. The third kappa shape index (κ3) is 10.9. The summed E-state index contributed by atoms with van der Waals surface area (Å²) >= 11 is 0. The molecule has 0 aliphatic carbocycles. The molecule has 1 aromatic carbocycles. The molecule has 1 aliphatic heterocycles. The van der Waals surface area contributed by atoms with Crippen molar-refractivity contribution < 1.29 is 18.9 Å². The maximum atomic E-state index is 5.76. The summed E-state index contributed by atoms with van der Waals surface area (Å²) < 4.78 is 22.1. The number of benzene rings is 1. The number of guanidine groups is 1. The van der Waals surface area contributed by atoms with Gasteiger partial charge in [0.05, 0.1) is 39.6 Å². The van der Waals surface area contributed by atoms with Gasteiger partial charge in [-0.3, -0.25) is 0 Å². The first-order valence-electron chi connectivity index (χ1n) is 11.2. The van der Waals surface area contributed by atoms with Crippen LogP contribution in [0.1, 0.15) is 37.8 Å². The quantitative estimate of drug-likeness (QED) is 0.258. The number of hydrogen-bond donors (Lipinski definition) is 2. The highest BCUT2D eigenvalue weighted by molar-refractivity contribution is 5.79. The molecule has 7 nitrogen and oxygen atoms in total. The van der Waals surface area contributed by atoms with Crippen molar-refractivity contribution in [1.82, 2.24) is 10.6 Å². The predicted octanol–water partition coefficient (Wildman–Crippen LogP) is 2.74. The largest absolute Gasteiger partial charge is 0.381 e. The number of ether oxygens (including phenoxy) is 4. The molecule has 0 spiro atoms. The van der Waals surface area contributed by atoms with Gasteiger partial charge in [0, 0.05) is 38.8 Å². The topological polar surface area (TPSA) is 73.3 Å². The van der Waals surface area contributed by atoms with Gasteiger partial charge in [-0.2, -0.15) is 0 Å². The molecular weight excluding hydrogens is 382 g/mol. The number of nitrogens with one attached hydrogen (secondary N) is 2. The molecule has 1 unspecified atom stereocenters. The Kier molecular flexibility index (Phi) is 13.2. The smallest absolute Gasteiger partial charge is 0.191 e. The van der Waals surface area contributed by atoms with E-state index in [0.29, 0.717) is 32.3 Å². The third-order valence-electron chi connectivity index (χ3n) is 4.74. The fourth-order valence-electron chi connectivity index (χ4n) is 3.13. The van der Waals surface area contributed by atoms with Crippen LogP contribution < -0.4 is 10.6 Å². The van der Waals surface area contributed by atoms with Crippen LogP contribution in [0.4, 0.5) is 0 Å². The van der Waals surface area contributed by atoms with Crippen LogP contribution in [-0.4, -0.2) is 65.3 Å². The van der Waals surface area contributed by atoms with Crippen molar-refractivity contribution in [3.8, 4) is 0 Å². The van der Waals surface area contributed by atoms with E-state index in [0.717, 1.165) is 70.5 Å². The van der Waals surface area contributed by atoms with Crippen molar-refractivity contribution in [2.45, 2.75) is 39.8 Å². The Balaban J connectivity index is 1.66. The van der Waals surface area contributed by atoms with Gasteiger partial charge >= 0.3 is 0 Å². The monoisotopic (exact) mass is 421 g/mol. The number of aliphatic imine (C=N–C) groups is 1. The van der Waals surface area contributed by atoms with Crippen molar-refractivity contribution >= 4 is 5.96 Å². The van der Waals surface area contributed by atoms with Gasteiger partial charge in [-0.05, 0) is 37.8 Å². The predicted molar refractivity (Wildman–Crippen MR) is 120 cm³/mol. The average molecular weight is 422 g/mol. The van der Waals surface area contributed by atoms with Crippen molar-refractivity contribution in [1.29, 1.82) is 0 Å². The lowest BCUT2D eigenvalue weighted by molar-refractivity contribution is 0.0453. The molecule has 1 aliphatic rings. The third-order valence-corrected chi connectivity index (χ3v) is 4.74. The highest BCUT2D eigenvalue weighted by atomic mass is 16.5. The van der Waals surface area contributed by atoms with Crippen molar-refractivity contribution in [3.05, 3.63) is 35.4 Å². The molecule has 1 fully saturated rings. The summed E-state index contributed by atoms with van der Waals surface area (Å²) in [4.78, 5) is 4.70. The summed E-state index contributed by atoms with van der Waals surface area (Å²) in [7, 11) is 0. The molecule has 0 bridgehead atoms. The second-order valence-electron chi connectivity index (χ2n) is 7.35. The van der Waals surface area contributed by atoms with Crippen LogP contribution >= 0.6 is 0 Å². The van der Waals surface area contributed by atoms with E-state index in [4.69, 9.17) is 23.9 Å². The van der Waals surface area contributed by atoms with Crippen LogP contribution in [0.25, 0.3) is 0 Å². The second kappa shape index (κ2) is 16.1. The normalized spacial score (nSPS) is 16.7. The van der Waals surface area contributed by atoms with Gasteiger partial charge in [0.2, 0.25) is 0 Å². The van der Waals surface area contributed by atoms with E-state index in [2.05, 4.69) is 41.8 Å². The first-order valence-corrected chi connectivity index (χ1v) is 11.2. The molecule has 2 N–H and O–H groups in total. The van der Waals surface area contributed by atoms with Crippen molar-refractivity contribution in [3.63, 3.8) is 0 Å². The number of rotatable bonds is 15. The van der Waals surface area contributed by atoms with E-state index >= 15 is 0 Å². The Bertz CT molecular complexity index is 592. The van der Waals surface area contributed by atoms with E-state index in [1.807, 2.05) is 6.92 Å². The summed E-state index contributed by atoms with van der Waals surface area (Å²) in [6.07, 6.45) is 2.07. The van der Waals surface area contributed by atoms with Gasteiger partial charge in [0.25, 0.3) is 0 Å². The van der Waals surface area contributed by atoms with Gasteiger partial charge < -0.3 is 29.6 Å². The average Bonchev–Trinajstić information content (AvgIpc) is 3.28. The first kappa shape index (κ1) is 24.6. The van der Waals surface area contributed by atoms with Crippen LogP contribution in [0.3, 0.4) is 0 Å². The Labute approximate surface area is 181 Å².